The normalized spacial score (nSPS) is 23.4. The van der Waals surface area contributed by atoms with Crippen molar-refractivity contribution < 1.29 is 4.79 Å². The molecule has 0 spiro atoms. The molecular weight excluding hydrogens is 226 g/mol. The first-order valence-electron chi connectivity index (χ1n) is 6.71. The third-order valence-electron chi connectivity index (χ3n) is 3.94. The van der Waals surface area contributed by atoms with E-state index in [-0.39, 0.29) is 11.6 Å². The van der Waals surface area contributed by atoms with Crippen molar-refractivity contribution in [3.8, 4) is 11.8 Å². The molecule has 100 valence electrons. The molecule has 0 aromatic carbocycles. The molecular formula is C14H23N3O. The van der Waals surface area contributed by atoms with Crippen LogP contribution in [-0.4, -0.2) is 66.0 Å². The summed E-state index contributed by atoms with van der Waals surface area (Å²) >= 11 is 0. The molecule has 0 N–H and O–H groups in total. The predicted molar refractivity (Wildman–Crippen MR) is 72.3 cm³/mol. The summed E-state index contributed by atoms with van der Waals surface area (Å²) in [5.74, 6) is 6.31. The molecule has 18 heavy (non-hydrogen) atoms. The molecule has 2 aliphatic heterocycles. The van der Waals surface area contributed by atoms with Crippen molar-refractivity contribution in [1.29, 1.82) is 0 Å². The summed E-state index contributed by atoms with van der Waals surface area (Å²) in [4.78, 5) is 17.9. The highest BCUT2D eigenvalue weighted by molar-refractivity contribution is 5.78. The van der Waals surface area contributed by atoms with E-state index >= 15 is 0 Å². The van der Waals surface area contributed by atoms with Gasteiger partial charge >= 0.3 is 6.03 Å². The maximum atomic E-state index is 11.9. The van der Waals surface area contributed by atoms with Crippen LogP contribution < -0.4 is 0 Å². The van der Waals surface area contributed by atoms with Crippen LogP contribution in [0.4, 0.5) is 4.79 Å². The number of likely N-dealkylation sites (N-methyl/N-ethyl adjacent to an activating group) is 1. The third kappa shape index (κ3) is 2.78. The van der Waals surface area contributed by atoms with Gasteiger partial charge in [-0.1, -0.05) is 11.8 Å². The van der Waals surface area contributed by atoms with Crippen LogP contribution in [0.2, 0.25) is 0 Å². The molecule has 4 heteroatoms. The highest BCUT2D eigenvalue weighted by Gasteiger charge is 2.39. The summed E-state index contributed by atoms with van der Waals surface area (Å²) in [6.07, 6.45) is 2.59. The van der Waals surface area contributed by atoms with Crippen LogP contribution in [0.15, 0.2) is 0 Å². The molecule has 0 saturated carbocycles. The number of likely N-dealkylation sites (tertiary alicyclic amines) is 1. The van der Waals surface area contributed by atoms with Gasteiger partial charge in [0, 0.05) is 13.6 Å². The van der Waals surface area contributed by atoms with Crippen molar-refractivity contribution in [3.63, 3.8) is 0 Å². The van der Waals surface area contributed by atoms with Crippen LogP contribution in [0, 0.1) is 11.8 Å². The van der Waals surface area contributed by atoms with Crippen LogP contribution in [0.3, 0.4) is 0 Å². The summed E-state index contributed by atoms with van der Waals surface area (Å²) in [6.45, 7) is 8.69. The lowest BCUT2D eigenvalue weighted by atomic mass is 10.1. The standard InChI is InChI=1S/C14H23N3O/c1-14(2)12-17(13(18)15(14)3)11-7-6-10-16-8-4-5-9-16/h4-5,8-12H2,1-3H3. The van der Waals surface area contributed by atoms with Crippen LogP contribution in [0.25, 0.3) is 0 Å². The van der Waals surface area contributed by atoms with E-state index in [0.29, 0.717) is 6.54 Å². The van der Waals surface area contributed by atoms with Crippen molar-refractivity contribution in [2.75, 3.05) is 39.8 Å². The van der Waals surface area contributed by atoms with Crippen molar-refractivity contribution in [2.45, 2.75) is 32.2 Å². The van der Waals surface area contributed by atoms with E-state index in [1.165, 1.54) is 25.9 Å². The molecule has 2 fully saturated rings. The average Bonchev–Trinajstić information content (AvgIpc) is 2.89. The summed E-state index contributed by atoms with van der Waals surface area (Å²) < 4.78 is 0. The number of amides is 2. The quantitative estimate of drug-likeness (QED) is 0.688. The molecule has 4 nitrogen and oxygen atoms in total. The van der Waals surface area contributed by atoms with Gasteiger partial charge in [-0.3, -0.25) is 4.90 Å². The summed E-state index contributed by atoms with van der Waals surface area (Å²) in [6, 6.07) is 0.0930. The lowest BCUT2D eigenvalue weighted by Gasteiger charge is -2.24. The zero-order valence-electron chi connectivity index (χ0n) is 11.7. The van der Waals surface area contributed by atoms with Crippen molar-refractivity contribution in [1.82, 2.24) is 14.7 Å². The molecule has 0 radical (unpaired) electrons. The van der Waals surface area contributed by atoms with E-state index in [2.05, 4.69) is 30.6 Å². The summed E-state index contributed by atoms with van der Waals surface area (Å²) in [7, 11) is 1.86. The fourth-order valence-corrected chi connectivity index (χ4v) is 2.50. The summed E-state index contributed by atoms with van der Waals surface area (Å²) in [5.41, 5.74) is -0.0757. The van der Waals surface area contributed by atoms with E-state index in [4.69, 9.17) is 0 Å². The first-order valence-corrected chi connectivity index (χ1v) is 6.71. The fourth-order valence-electron chi connectivity index (χ4n) is 2.50. The van der Waals surface area contributed by atoms with E-state index in [0.717, 1.165) is 13.1 Å². The zero-order valence-corrected chi connectivity index (χ0v) is 11.7. The first-order chi connectivity index (χ1) is 8.50. The molecule has 2 rings (SSSR count). The highest BCUT2D eigenvalue weighted by Crippen LogP contribution is 2.23. The summed E-state index contributed by atoms with van der Waals surface area (Å²) in [5, 5.41) is 0. The van der Waals surface area contributed by atoms with Gasteiger partial charge in [0.15, 0.2) is 0 Å². The van der Waals surface area contributed by atoms with Crippen molar-refractivity contribution >= 4 is 6.03 Å². The van der Waals surface area contributed by atoms with Gasteiger partial charge in [0.2, 0.25) is 0 Å². The maximum Gasteiger partial charge on any atom is 0.321 e. The number of nitrogens with zero attached hydrogens (tertiary/aromatic N) is 3. The SMILES string of the molecule is CN1C(=O)N(CC#CCN2CCCC2)CC1(C)C. The van der Waals surface area contributed by atoms with E-state index in [1.54, 1.807) is 4.90 Å². The monoisotopic (exact) mass is 249 g/mol. The van der Waals surface area contributed by atoms with Gasteiger partial charge < -0.3 is 9.80 Å². The lowest BCUT2D eigenvalue weighted by molar-refractivity contribution is 0.189. The van der Waals surface area contributed by atoms with Gasteiger partial charge in [0.1, 0.15) is 0 Å². The zero-order chi connectivity index (χ0) is 13.2. The predicted octanol–water partition coefficient (Wildman–Crippen LogP) is 1.23. The van der Waals surface area contributed by atoms with Gasteiger partial charge in [0.25, 0.3) is 0 Å². The highest BCUT2D eigenvalue weighted by atomic mass is 16.2. The molecule has 2 amide bonds. The van der Waals surface area contributed by atoms with Crippen molar-refractivity contribution in [2.24, 2.45) is 0 Å². The molecule has 2 aliphatic rings. The van der Waals surface area contributed by atoms with Gasteiger partial charge in [-0.2, -0.15) is 0 Å². The average molecular weight is 249 g/mol. The van der Waals surface area contributed by atoms with Crippen LogP contribution in [0.1, 0.15) is 26.7 Å². The second-order valence-corrected chi connectivity index (χ2v) is 5.85. The van der Waals surface area contributed by atoms with E-state index in [1.807, 2.05) is 11.9 Å². The minimum absolute atomic E-state index is 0.0757. The van der Waals surface area contributed by atoms with E-state index < -0.39 is 0 Å². The van der Waals surface area contributed by atoms with E-state index in [9.17, 15) is 4.79 Å². The number of hydrogen-bond donors (Lipinski definition) is 0. The Balaban J connectivity index is 1.80. The Kier molecular flexibility index (Phi) is 3.82. The second kappa shape index (κ2) is 5.19. The van der Waals surface area contributed by atoms with Gasteiger partial charge in [0.05, 0.1) is 18.6 Å². The van der Waals surface area contributed by atoms with Gasteiger partial charge in [-0.25, -0.2) is 4.79 Å². The Morgan fingerprint density at radius 2 is 1.78 bits per heavy atom. The number of carbonyl (C=O) groups is 1. The molecule has 0 unspecified atom stereocenters. The molecule has 0 aromatic heterocycles. The van der Waals surface area contributed by atoms with Gasteiger partial charge in [-0.05, 0) is 39.8 Å². The topological polar surface area (TPSA) is 26.8 Å². The molecule has 2 heterocycles. The van der Waals surface area contributed by atoms with Crippen molar-refractivity contribution in [3.05, 3.63) is 0 Å². The molecule has 0 aliphatic carbocycles. The minimum atomic E-state index is -0.0757. The smallest absolute Gasteiger partial charge is 0.321 e. The Labute approximate surface area is 110 Å². The Hall–Kier alpha value is -1.21. The molecule has 0 aromatic rings. The number of carbonyl (C=O) groups excluding carboxylic acids is 1. The third-order valence-corrected chi connectivity index (χ3v) is 3.94. The Morgan fingerprint density at radius 1 is 1.17 bits per heavy atom. The van der Waals surface area contributed by atoms with Crippen LogP contribution in [-0.2, 0) is 0 Å². The second-order valence-electron chi connectivity index (χ2n) is 5.85. The minimum Gasteiger partial charge on any atom is -0.321 e. The molecule has 0 atom stereocenters. The number of urea groups is 1. The van der Waals surface area contributed by atoms with Crippen LogP contribution >= 0.6 is 0 Å². The van der Waals surface area contributed by atoms with Crippen LogP contribution in [0.5, 0.6) is 0 Å². The maximum absolute atomic E-state index is 11.9. The lowest BCUT2D eigenvalue weighted by Crippen LogP contribution is -2.38. The number of rotatable bonds is 2. The Bertz CT molecular complexity index is 374. The number of hydrogen-bond acceptors (Lipinski definition) is 2. The molecule has 0 bridgehead atoms. The fraction of sp³-hybridized carbons (Fsp3) is 0.786. The first kappa shape index (κ1) is 13.2. The van der Waals surface area contributed by atoms with Gasteiger partial charge in [-0.15, -0.1) is 0 Å². The largest absolute Gasteiger partial charge is 0.321 e. The molecule has 2 saturated heterocycles. The Morgan fingerprint density at radius 3 is 2.33 bits per heavy atom.